The summed E-state index contributed by atoms with van der Waals surface area (Å²) in [7, 11) is 0. The molecule has 208 valence electrons. The summed E-state index contributed by atoms with van der Waals surface area (Å²) < 4.78 is 46.8. The number of aromatic nitrogens is 3. The zero-order valence-electron chi connectivity index (χ0n) is 22.4. The molecule has 1 aromatic carbocycles. The lowest BCUT2D eigenvalue weighted by Crippen LogP contribution is -2.44. The molecule has 1 aliphatic heterocycles. The van der Waals surface area contributed by atoms with Gasteiger partial charge in [0.25, 0.3) is 5.91 Å². The third-order valence-corrected chi connectivity index (χ3v) is 7.64. The van der Waals surface area contributed by atoms with Crippen molar-refractivity contribution in [3.05, 3.63) is 41.3 Å². The fraction of sp³-hybridized carbons (Fsp3) is 0.500. The molecule has 0 radical (unpaired) electrons. The van der Waals surface area contributed by atoms with Crippen LogP contribution in [0.15, 0.2) is 24.5 Å². The zero-order valence-corrected chi connectivity index (χ0v) is 22.4. The summed E-state index contributed by atoms with van der Waals surface area (Å²) in [5.74, 6) is 0.348. The van der Waals surface area contributed by atoms with Crippen LogP contribution in [0.5, 0.6) is 5.75 Å². The van der Waals surface area contributed by atoms with Gasteiger partial charge < -0.3 is 19.9 Å². The van der Waals surface area contributed by atoms with E-state index in [2.05, 4.69) is 20.3 Å². The second-order valence-corrected chi connectivity index (χ2v) is 11.2. The first kappa shape index (κ1) is 27.0. The molecule has 1 saturated carbocycles. The Labute approximate surface area is 224 Å². The smallest absolute Gasteiger partial charge is 0.416 e. The Morgan fingerprint density at radius 3 is 2.64 bits per heavy atom. The average molecular weight is 544 g/mol. The van der Waals surface area contributed by atoms with E-state index in [1.54, 1.807) is 18.7 Å². The third-order valence-electron chi connectivity index (χ3n) is 7.64. The van der Waals surface area contributed by atoms with Gasteiger partial charge in [-0.15, -0.1) is 0 Å². The van der Waals surface area contributed by atoms with Gasteiger partial charge in [0.15, 0.2) is 0 Å². The highest BCUT2D eigenvalue weighted by molar-refractivity contribution is 6.09. The van der Waals surface area contributed by atoms with E-state index in [1.165, 1.54) is 12.4 Å². The maximum atomic E-state index is 13.6. The molecule has 8 nitrogen and oxygen atoms in total. The van der Waals surface area contributed by atoms with E-state index in [1.807, 2.05) is 13.8 Å². The first-order chi connectivity index (χ1) is 18.4. The van der Waals surface area contributed by atoms with Crippen molar-refractivity contribution in [2.45, 2.75) is 59.2 Å². The Morgan fingerprint density at radius 1 is 1.23 bits per heavy atom. The molecule has 3 heterocycles. The minimum Gasteiger partial charge on any atom is -0.493 e. The highest BCUT2D eigenvalue weighted by Crippen LogP contribution is 2.40. The van der Waals surface area contributed by atoms with Gasteiger partial charge in [-0.2, -0.15) is 13.2 Å². The van der Waals surface area contributed by atoms with Gasteiger partial charge in [-0.3, -0.25) is 9.59 Å². The molecule has 1 atom stereocenters. The van der Waals surface area contributed by atoms with Crippen LogP contribution in [-0.4, -0.2) is 57.4 Å². The van der Waals surface area contributed by atoms with E-state index < -0.39 is 11.7 Å². The van der Waals surface area contributed by atoms with Crippen molar-refractivity contribution in [3.63, 3.8) is 0 Å². The number of aryl methyl sites for hydroxylation is 1. The lowest BCUT2D eigenvalue weighted by atomic mass is 9.87. The first-order valence-electron chi connectivity index (χ1n) is 13.2. The number of rotatable bonds is 7. The number of nitrogens with one attached hydrogen (secondary N) is 2. The predicted molar refractivity (Wildman–Crippen MR) is 139 cm³/mol. The first-order valence-corrected chi connectivity index (χ1v) is 13.2. The van der Waals surface area contributed by atoms with Crippen LogP contribution in [0.3, 0.4) is 0 Å². The van der Waals surface area contributed by atoms with Gasteiger partial charge in [0.05, 0.1) is 29.3 Å². The van der Waals surface area contributed by atoms with Crippen LogP contribution >= 0.6 is 0 Å². The summed E-state index contributed by atoms with van der Waals surface area (Å²) in [6.45, 7) is 8.87. The number of alkyl halides is 3. The summed E-state index contributed by atoms with van der Waals surface area (Å²) in [5.41, 5.74) is 0.690. The second-order valence-electron chi connectivity index (χ2n) is 11.2. The highest BCUT2D eigenvalue weighted by Gasteiger charge is 2.42. The Kier molecular flexibility index (Phi) is 6.80. The van der Waals surface area contributed by atoms with Crippen LogP contribution < -0.4 is 10.1 Å². The van der Waals surface area contributed by atoms with Gasteiger partial charge in [0, 0.05) is 36.2 Å². The molecule has 3 aromatic rings. The van der Waals surface area contributed by atoms with Gasteiger partial charge in [-0.25, -0.2) is 9.97 Å². The van der Waals surface area contributed by atoms with Gasteiger partial charge in [0.2, 0.25) is 5.91 Å². The van der Waals surface area contributed by atoms with Crippen LogP contribution in [0.1, 0.15) is 61.6 Å². The summed E-state index contributed by atoms with van der Waals surface area (Å²) in [6.07, 6.45) is -0.851. The Bertz CT molecular complexity index is 1430. The van der Waals surface area contributed by atoms with Crippen LogP contribution in [0, 0.1) is 18.3 Å². The number of nitrogens with zero attached hydrogens (tertiary/aromatic N) is 3. The number of H-pyrrole nitrogens is 1. The molecule has 5 rings (SSSR count). The van der Waals surface area contributed by atoms with E-state index in [0.29, 0.717) is 54.5 Å². The quantitative estimate of drug-likeness (QED) is 0.431. The number of halogens is 3. The minimum absolute atomic E-state index is 0.0290. The Hall–Kier alpha value is -3.63. The zero-order chi connectivity index (χ0) is 28.1. The van der Waals surface area contributed by atoms with E-state index in [4.69, 9.17) is 4.74 Å². The van der Waals surface area contributed by atoms with Crippen molar-refractivity contribution in [3.8, 4) is 17.0 Å². The van der Waals surface area contributed by atoms with E-state index in [0.717, 1.165) is 25.0 Å². The molecular formula is C28H32F3N5O3. The summed E-state index contributed by atoms with van der Waals surface area (Å²) >= 11 is 0. The standard InChI is InChI=1S/C28H32F3N5O3/c1-5-21(37)36-11-20(27(3,4)13-36)35-26(38)22-15(2)34-25-23(32-14-33-24(22)25)18-10-17(28(29,30)31)8-9-19(18)39-12-16-6-7-16/h8-10,14,16,20,34H,5-7,11-13H2,1-4H3,(H,35,38). The second kappa shape index (κ2) is 9.84. The van der Waals surface area contributed by atoms with Crippen molar-refractivity contribution in [2.24, 2.45) is 11.3 Å². The number of benzene rings is 1. The summed E-state index contributed by atoms with van der Waals surface area (Å²) in [4.78, 5) is 39.4. The third kappa shape index (κ3) is 5.31. The molecule has 1 unspecified atom stereocenters. The van der Waals surface area contributed by atoms with Crippen molar-refractivity contribution in [2.75, 3.05) is 19.7 Å². The molecule has 0 bridgehead atoms. The Balaban J connectivity index is 1.51. The SMILES string of the molecule is CCC(=O)N1CC(NC(=O)c2c(C)[nH]c3c(-c4cc(C(F)(F)F)ccc4OCC4CC4)ncnc23)C(C)(C)C1. The van der Waals surface area contributed by atoms with Gasteiger partial charge in [-0.1, -0.05) is 20.8 Å². The summed E-state index contributed by atoms with van der Waals surface area (Å²) in [6, 6.07) is 3.07. The normalized spacial score (nSPS) is 18.9. The van der Waals surface area contributed by atoms with E-state index in [9.17, 15) is 22.8 Å². The number of ether oxygens (including phenoxy) is 1. The lowest BCUT2D eigenvalue weighted by molar-refractivity contribution is -0.137. The number of carbonyl (C=O) groups is 2. The molecule has 2 fully saturated rings. The van der Waals surface area contributed by atoms with Crippen LogP contribution in [0.2, 0.25) is 0 Å². The predicted octanol–water partition coefficient (Wildman–Crippen LogP) is 5.12. The maximum Gasteiger partial charge on any atom is 0.416 e. The molecule has 2 amide bonds. The topological polar surface area (TPSA) is 100 Å². The largest absolute Gasteiger partial charge is 0.493 e. The monoisotopic (exact) mass is 543 g/mol. The molecule has 1 saturated heterocycles. The van der Waals surface area contributed by atoms with Gasteiger partial charge in [-0.05, 0) is 43.9 Å². The van der Waals surface area contributed by atoms with Crippen molar-refractivity contribution in [1.29, 1.82) is 0 Å². The van der Waals surface area contributed by atoms with Crippen LogP contribution in [0.25, 0.3) is 22.3 Å². The number of aromatic amines is 1. The van der Waals surface area contributed by atoms with E-state index >= 15 is 0 Å². The number of likely N-dealkylation sites (tertiary alicyclic amines) is 1. The molecule has 11 heteroatoms. The molecule has 1 aliphatic carbocycles. The number of hydrogen-bond donors (Lipinski definition) is 2. The van der Waals surface area contributed by atoms with Gasteiger partial charge in [0.1, 0.15) is 23.3 Å². The fourth-order valence-electron chi connectivity index (χ4n) is 5.13. The molecule has 2 N–H and O–H groups in total. The highest BCUT2D eigenvalue weighted by atomic mass is 19.4. The maximum absolute atomic E-state index is 13.6. The molecule has 0 spiro atoms. The number of amides is 2. The molecular weight excluding hydrogens is 511 g/mol. The average Bonchev–Trinajstić information content (AvgIpc) is 3.57. The van der Waals surface area contributed by atoms with Crippen LogP contribution in [0.4, 0.5) is 13.2 Å². The summed E-state index contributed by atoms with van der Waals surface area (Å²) in [5, 5.41) is 3.07. The number of fused-ring (bicyclic) bond motifs is 1. The van der Waals surface area contributed by atoms with Crippen molar-refractivity contribution in [1.82, 2.24) is 25.2 Å². The minimum atomic E-state index is -4.55. The van der Waals surface area contributed by atoms with E-state index in [-0.39, 0.29) is 40.1 Å². The van der Waals surface area contributed by atoms with Crippen molar-refractivity contribution >= 4 is 22.8 Å². The molecule has 2 aromatic heterocycles. The molecule has 39 heavy (non-hydrogen) atoms. The lowest BCUT2D eigenvalue weighted by Gasteiger charge is -2.26. The van der Waals surface area contributed by atoms with Crippen molar-refractivity contribution < 1.29 is 27.5 Å². The Morgan fingerprint density at radius 2 is 1.97 bits per heavy atom. The van der Waals surface area contributed by atoms with Gasteiger partial charge >= 0.3 is 6.18 Å². The number of carbonyl (C=O) groups excluding carboxylic acids is 2. The van der Waals surface area contributed by atoms with Crippen LogP contribution in [-0.2, 0) is 11.0 Å². The molecule has 2 aliphatic rings. The number of hydrogen-bond acceptors (Lipinski definition) is 5. The fourth-order valence-corrected chi connectivity index (χ4v) is 5.13.